The summed E-state index contributed by atoms with van der Waals surface area (Å²) >= 11 is 0. The molecule has 22 heavy (non-hydrogen) atoms. The van der Waals surface area contributed by atoms with Crippen LogP contribution in [0.1, 0.15) is 5.56 Å². The first-order chi connectivity index (χ1) is 10.5. The minimum atomic E-state index is -4.45. The fraction of sp³-hybridized carbons (Fsp3) is 0.0588. The van der Waals surface area contributed by atoms with E-state index in [0.717, 1.165) is 5.56 Å². The predicted molar refractivity (Wildman–Crippen MR) is 82.4 cm³/mol. The van der Waals surface area contributed by atoms with Crippen LogP contribution in [0.15, 0.2) is 71.8 Å². The van der Waals surface area contributed by atoms with Crippen molar-refractivity contribution in [3.05, 3.63) is 72.3 Å². The molecule has 0 aliphatic carbocycles. The summed E-state index contributed by atoms with van der Waals surface area (Å²) in [4.78, 5) is 0. The summed E-state index contributed by atoms with van der Waals surface area (Å²) < 4.78 is 38.1. The first-order valence-corrected chi connectivity index (χ1v) is 6.57. The summed E-state index contributed by atoms with van der Waals surface area (Å²) in [5.74, 6) is 0. The van der Waals surface area contributed by atoms with Crippen LogP contribution in [0.4, 0.5) is 18.9 Å². The van der Waals surface area contributed by atoms with E-state index in [1.807, 2.05) is 30.3 Å². The van der Waals surface area contributed by atoms with Crippen molar-refractivity contribution in [1.29, 1.82) is 0 Å². The number of rotatable bonds is 4. The average Bonchev–Trinajstić information content (AvgIpc) is 2.51. The lowest BCUT2D eigenvalue weighted by Gasteiger charge is -1.96. The average molecular weight is 303 g/mol. The summed E-state index contributed by atoms with van der Waals surface area (Å²) in [5.41, 5.74) is 1.49. The van der Waals surface area contributed by atoms with E-state index < -0.39 is 6.18 Å². The van der Waals surface area contributed by atoms with Crippen LogP contribution in [0, 0.1) is 0 Å². The zero-order chi connectivity index (χ0) is 15.8. The van der Waals surface area contributed by atoms with Crippen molar-refractivity contribution in [2.45, 2.75) is 6.18 Å². The van der Waals surface area contributed by atoms with Gasteiger partial charge in [0.25, 0.3) is 0 Å². The SMILES string of the molecule is FC(F)(F)/C=N/[N+](=C\C=C\c1ccccc1)c1ccccc1. The van der Waals surface area contributed by atoms with Crippen LogP contribution in [0.5, 0.6) is 0 Å². The highest BCUT2D eigenvalue weighted by Gasteiger charge is 2.26. The molecule has 2 aromatic carbocycles. The minimum Gasteiger partial charge on any atom is -0.165 e. The number of halogens is 3. The lowest BCUT2D eigenvalue weighted by atomic mass is 10.2. The van der Waals surface area contributed by atoms with Crippen LogP contribution in [0.3, 0.4) is 0 Å². The second-order valence-corrected chi connectivity index (χ2v) is 4.39. The highest BCUT2D eigenvalue weighted by Crippen LogP contribution is 2.14. The first-order valence-electron chi connectivity index (χ1n) is 6.57. The maximum absolute atomic E-state index is 12.3. The molecule has 5 heteroatoms. The molecular weight excluding hydrogens is 289 g/mol. The number of allylic oxidation sites excluding steroid dienone is 1. The molecule has 0 atom stereocenters. The normalized spacial score (nSPS) is 13.1. The summed E-state index contributed by atoms with van der Waals surface area (Å²) in [6.45, 7) is 0. The van der Waals surface area contributed by atoms with E-state index in [1.54, 1.807) is 42.5 Å². The van der Waals surface area contributed by atoms with Crippen LogP contribution in [-0.2, 0) is 0 Å². The Morgan fingerprint density at radius 1 is 0.864 bits per heavy atom. The van der Waals surface area contributed by atoms with Crippen molar-refractivity contribution < 1.29 is 17.9 Å². The van der Waals surface area contributed by atoms with Crippen molar-refractivity contribution in [3.63, 3.8) is 0 Å². The number of hydrogen-bond donors (Lipinski definition) is 0. The number of hydrogen-bond acceptors (Lipinski definition) is 1. The van der Waals surface area contributed by atoms with Gasteiger partial charge in [0.2, 0.25) is 11.9 Å². The van der Waals surface area contributed by atoms with Crippen LogP contribution < -0.4 is 0 Å². The van der Waals surface area contributed by atoms with Crippen molar-refractivity contribution in [2.75, 3.05) is 0 Å². The Hall–Kier alpha value is -2.69. The van der Waals surface area contributed by atoms with Gasteiger partial charge >= 0.3 is 6.18 Å². The molecule has 0 fully saturated rings. The van der Waals surface area contributed by atoms with Gasteiger partial charge in [-0.2, -0.15) is 13.2 Å². The van der Waals surface area contributed by atoms with Gasteiger partial charge in [-0.15, -0.1) is 0 Å². The van der Waals surface area contributed by atoms with Gasteiger partial charge in [-0.1, -0.05) is 53.2 Å². The van der Waals surface area contributed by atoms with Gasteiger partial charge in [0.1, 0.15) is 0 Å². The molecule has 0 aliphatic heterocycles. The van der Waals surface area contributed by atoms with Crippen molar-refractivity contribution in [1.82, 2.24) is 0 Å². The van der Waals surface area contributed by atoms with Crippen LogP contribution >= 0.6 is 0 Å². The van der Waals surface area contributed by atoms with Crippen molar-refractivity contribution in [2.24, 2.45) is 5.10 Å². The Balaban J connectivity index is 2.26. The highest BCUT2D eigenvalue weighted by molar-refractivity contribution is 5.76. The molecule has 0 unspecified atom stereocenters. The second kappa shape index (κ2) is 7.36. The van der Waals surface area contributed by atoms with Crippen LogP contribution in [-0.4, -0.2) is 23.3 Å². The molecule has 0 heterocycles. The Bertz CT molecular complexity index is 672. The molecule has 0 saturated carbocycles. The number of alkyl halides is 3. The topological polar surface area (TPSA) is 15.4 Å². The molecule has 0 amide bonds. The van der Waals surface area contributed by atoms with Crippen molar-refractivity contribution in [3.8, 4) is 0 Å². The molecule has 2 nitrogen and oxygen atoms in total. The quantitative estimate of drug-likeness (QED) is 0.443. The van der Waals surface area contributed by atoms with Gasteiger partial charge in [-0.3, -0.25) is 0 Å². The van der Waals surface area contributed by atoms with Crippen molar-refractivity contribution >= 4 is 24.2 Å². The monoisotopic (exact) mass is 303 g/mol. The summed E-state index contributed by atoms with van der Waals surface area (Å²) in [7, 11) is 0. The molecule has 0 aromatic heterocycles. The molecule has 112 valence electrons. The molecule has 2 rings (SSSR count). The number of nitrogens with zero attached hydrogens (tertiary/aromatic N) is 2. The molecule has 0 saturated heterocycles. The Labute approximate surface area is 126 Å². The van der Waals surface area contributed by atoms with E-state index in [0.29, 0.717) is 5.69 Å². The molecule has 0 spiro atoms. The summed E-state index contributed by atoms with van der Waals surface area (Å²) in [6, 6.07) is 18.1. The van der Waals surface area contributed by atoms with Gasteiger partial charge in [0.05, 0.1) is 0 Å². The maximum Gasteiger partial charge on any atom is 0.432 e. The Kier molecular flexibility index (Phi) is 5.25. The van der Waals surface area contributed by atoms with E-state index in [9.17, 15) is 13.2 Å². The second-order valence-electron chi connectivity index (χ2n) is 4.39. The predicted octanol–water partition coefficient (Wildman–Crippen LogP) is 4.66. The van der Waals surface area contributed by atoms with Crippen LogP contribution in [0.2, 0.25) is 0 Å². The smallest absolute Gasteiger partial charge is 0.165 e. The van der Waals surface area contributed by atoms with E-state index in [1.165, 1.54) is 10.9 Å². The zero-order valence-electron chi connectivity index (χ0n) is 11.6. The molecule has 0 aliphatic rings. The molecule has 0 bridgehead atoms. The molecule has 0 N–H and O–H groups in total. The minimum absolute atomic E-state index is 0.0349. The third-order valence-electron chi connectivity index (χ3n) is 2.66. The van der Waals surface area contributed by atoms with Gasteiger partial charge in [0.15, 0.2) is 6.21 Å². The highest BCUT2D eigenvalue weighted by atomic mass is 19.4. The fourth-order valence-corrected chi connectivity index (χ4v) is 1.70. The standard InChI is InChI=1S/C17H14F3N2/c18-17(19,20)14-21-22(16-11-5-2-6-12-16)13-7-10-15-8-3-1-4-9-15/h1-14H/q+1/b10-7+,21-14+,22-13-. The largest absolute Gasteiger partial charge is 0.432 e. The Morgan fingerprint density at radius 2 is 1.45 bits per heavy atom. The first kappa shape index (κ1) is 15.7. The number of benzene rings is 2. The van der Waals surface area contributed by atoms with Gasteiger partial charge in [0, 0.05) is 23.3 Å². The fourth-order valence-electron chi connectivity index (χ4n) is 1.70. The van der Waals surface area contributed by atoms with E-state index >= 15 is 0 Å². The van der Waals surface area contributed by atoms with Crippen LogP contribution in [0.25, 0.3) is 6.08 Å². The Morgan fingerprint density at radius 3 is 2.05 bits per heavy atom. The lowest BCUT2D eigenvalue weighted by Crippen LogP contribution is -2.11. The molecular formula is C17H14F3N2+. The maximum atomic E-state index is 12.3. The van der Waals surface area contributed by atoms with E-state index in [-0.39, 0.29) is 6.21 Å². The number of para-hydroxylation sites is 1. The third kappa shape index (κ3) is 5.36. The zero-order valence-corrected chi connectivity index (χ0v) is 11.6. The van der Waals surface area contributed by atoms with E-state index in [4.69, 9.17) is 0 Å². The summed E-state index contributed by atoms with van der Waals surface area (Å²) in [6.07, 6.45) is 0.427. The van der Waals surface area contributed by atoms with Gasteiger partial charge in [-0.05, 0) is 11.6 Å². The lowest BCUT2D eigenvalue weighted by molar-refractivity contribution is -0.440. The van der Waals surface area contributed by atoms with E-state index in [2.05, 4.69) is 5.10 Å². The summed E-state index contributed by atoms with van der Waals surface area (Å²) in [5, 5.41) is 3.47. The number of hydrazone groups is 1. The molecule has 0 radical (unpaired) electrons. The van der Waals surface area contributed by atoms with Gasteiger partial charge < -0.3 is 0 Å². The molecule has 2 aromatic rings. The van der Waals surface area contributed by atoms with Gasteiger partial charge in [-0.25, -0.2) is 0 Å². The third-order valence-corrected chi connectivity index (χ3v) is 2.66.